The highest BCUT2D eigenvalue weighted by atomic mass is 16.4. The fraction of sp³-hybridized carbons (Fsp3) is 0.250. The lowest BCUT2D eigenvalue weighted by atomic mass is 10.2. The number of nitrogens with two attached hydrogens (primary N) is 1. The van der Waals surface area contributed by atoms with E-state index in [-0.39, 0.29) is 11.5 Å². The molecule has 1 aromatic carbocycles. The summed E-state index contributed by atoms with van der Waals surface area (Å²) in [6, 6.07) is 4.77. The summed E-state index contributed by atoms with van der Waals surface area (Å²) in [6.07, 6.45) is 2.55. The van der Waals surface area contributed by atoms with Gasteiger partial charge in [0.15, 0.2) is 0 Å². The Balaban J connectivity index is 2.25. The third kappa shape index (κ3) is 2.48. The monoisotopic (exact) mass is 247 g/mol. The number of rotatable bonds is 5. The number of carbonyl (C=O) groups excluding carboxylic acids is 1. The van der Waals surface area contributed by atoms with Crippen molar-refractivity contribution in [3.05, 3.63) is 30.1 Å². The molecule has 18 heavy (non-hydrogen) atoms. The summed E-state index contributed by atoms with van der Waals surface area (Å²) in [5.41, 5.74) is 6.77. The molecule has 0 aliphatic heterocycles. The van der Waals surface area contributed by atoms with Gasteiger partial charge in [0.05, 0.1) is 22.9 Å². The Labute approximate surface area is 103 Å². The molecule has 3 N–H and O–H groups in total. The van der Waals surface area contributed by atoms with Gasteiger partial charge in [0, 0.05) is 13.0 Å². The van der Waals surface area contributed by atoms with Gasteiger partial charge in [0.2, 0.25) is 5.91 Å². The molecule has 0 aliphatic carbocycles. The van der Waals surface area contributed by atoms with Crippen LogP contribution in [0.15, 0.2) is 24.5 Å². The van der Waals surface area contributed by atoms with Crippen molar-refractivity contribution in [1.82, 2.24) is 9.55 Å². The Kier molecular flexibility index (Phi) is 3.27. The Morgan fingerprint density at radius 2 is 2.17 bits per heavy atom. The van der Waals surface area contributed by atoms with Crippen LogP contribution in [0.4, 0.5) is 0 Å². The Bertz CT molecular complexity index is 604. The second-order valence-electron chi connectivity index (χ2n) is 4.02. The summed E-state index contributed by atoms with van der Waals surface area (Å²) in [5.74, 6) is -1.31. The van der Waals surface area contributed by atoms with Crippen molar-refractivity contribution < 1.29 is 14.7 Å². The van der Waals surface area contributed by atoms with Gasteiger partial charge in [-0.1, -0.05) is 0 Å². The number of imidazole rings is 1. The zero-order chi connectivity index (χ0) is 13.1. The van der Waals surface area contributed by atoms with Gasteiger partial charge in [-0.25, -0.2) is 9.78 Å². The summed E-state index contributed by atoms with van der Waals surface area (Å²) in [4.78, 5) is 25.7. The predicted octanol–water partition coefficient (Wildman–Crippen LogP) is 1.000. The van der Waals surface area contributed by atoms with Crippen LogP contribution in [0.1, 0.15) is 23.2 Å². The van der Waals surface area contributed by atoms with E-state index >= 15 is 0 Å². The molecule has 0 aliphatic rings. The second kappa shape index (κ2) is 4.87. The molecule has 2 rings (SSSR count). The van der Waals surface area contributed by atoms with Gasteiger partial charge < -0.3 is 15.4 Å². The summed E-state index contributed by atoms with van der Waals surface area (Å²) in [6.45, 7) is 0.586. The highest BCUT2D eigenvalue weighted by Crippen LogP contribution is 2.15. The molecule has 0 fully saturated rings. The van der Waals surface area contributed by atoms with Crippen LogP contribution in [-0.4, -0.2) is 26.5 Å². The standard InChI is InChI=1S/C12H13N3O3/c13-11(16)2-1-5-15-7-14-9-4-3-8(12(17)18)6-10(9)15/h3-4,6-7H,1-2,5H2,(H2,13,16)(H,17,18). The number of aromatic nitrogens is 2. The Morgan fingerprint density at radius 3 is 2.83 bits per heavy atom. The summed E-state index contributed by atoms with van der Waals surface area (Å²) >= 11 is 0. The van der Waals surface area contributed by atoms with Crippen LogP contribution in [-0.2, 0) is 11.3 Å². The molecule has 6 heteroatoms. The Morgan fingerprint density at radius 1 is 1.39 bits per heavy atom. The van der Waals surface area contributed by atoms with E-state index in [9.17, 15) is 9.59 Å². The van der Waals surface area contributed by atoms with Gasteiger partial charge in [-0.15, -0.1) is 0 Å². The maximum Gasteiger partial charge on any atom is 0.335 e. The predicted molar refractivity (Wildman–Crippen MR) is 65.1 cm³/mol. The second-order valence-corrected chi connectivity index (χ2v) is 4.02. The van der Waals surface area contributed by atoms with Crippen LogP contribution in [0.25, 0.3) is 11.0 Å². The molecular weight excluding hydrogens is 234 g/mol. The molecule has 6 nitrogen and oxygen atoms in total. The largest absolute Gasteiger partial charge is 0.478 e. The fourth-order valence-corrected chi connectivity index (χ4v) is 1.79. The lowest BCUT2D eigenvalue weighted by Gasteiger charge is -2.03. The number of benzene rings is 1. The number of aromatic carboxylic acids is 1. The molecule has 0 saturated heterocycles. The molecule has 0 saturated carbocycles. The first-order valence-corrected chi connectivity index (χ1v) is 5.54. The number of carboxylic acids is 1. The van der Waals surface area contributed by atoms with Crippen LogP contribution in [0.2, 0.25) is 0 Å². The molecule has 1 heterocycles. The topological polar surface area (TPSA) is 98.2 Å². The summed E-state index contributed by atoms with van der Waals surface area (Å²) < 4.78 is 1.82. The zero-order valence-corrected chi connectivity index (χ0v) is 9.67. The third-order valence-electron chi connectivity index (χ3n) is 2.69. The van der Waals surface area contributed by atoms with Crippen LogP contribution in [0.5, 0.6) is 0 Å². The molecule has 0 atom stereocenters. The molecule has 0 spiro atoms. The number of amides is 1. The fourth-order valence-electron chi connectivity index (χ4n) is 1.79. The van der Waals surface area contributed by atoms with Crippen molar-refractivity contribution in [3.8, 4) is 0 Å². The highest BCUT2D eigenvalue weighted by Gasteiger charge is 2.08. The zero-order valence-electron chi connectivity index (χ0n) is 9.67. The average Bonchev–Trinajstić information content (AvgIpc) is 2.71. The first-order valence-electron chi connectivity index (χ1n) is 5.54. The molecule has 0 radical (unpaired) electrons. The minimum atomic E-state index is -0.971. The summed E-state index contributed by atoms with van der Waals surface area (Å²) in [5, 5.41) is 8.93. The van der Waals surface area contributed by atoms with Crippen molar-refractivity contribution in [3.63, 3.8) is 0 Å². The molecule has 1 aromatic heterocycles. The van der Waals surface area contributed by atoms with Crippen molar-refractivity contribution in [2.24, 2.45) is 5.73 Å². The number of nitrogens with zero attached hydrogens (tertiary/aromatic N) is 2. The average molecular weight is 247 g/mol. The van der Waals surface area contributed by atoms with Gasteiger partial charge in [0.25, 0.3) is 0 Å². The van der Waals surface area contributed by atoms with E-state index in [0.717, 1.165) is 11.0 Å². The molecule has 1 amide bonds. The van der Waals surface area contributed by atoms with E-state index in [1.54, 1.807) is 18.5 Å². The van der Waals surface area contributed by atoms with Crippen LogP contribution in [0.3, 0.4) is 0 Å². The number of primary amides is 1. The minimum Gasteiger partial charge on any atom is -0.478 e. The van der Waals surface area contributed by atoms with E-state index in [2.05, 4.69) is 4.98 Å². The molecule has 2 aromatic rings. The lowest BCUT2D eigenvalue weighted by molar-refractivity contribution is -0.118. The SMILES string of the molecule is NC(=O)CCCn1cnc2ccc(C(=O)O)cc21. The van der Waals surface area contributed by atoms with Gasteiger partial charge >= 0.3 is 5.97 Å². The lowest BCUT2D eigenvalue weighted by Crippen LogP contribution is -2.11. The van der Waals surface area contributed by atoms with E-state index < -0.39 is 5.97 Å². The quantitative estimate of drug-likeness (QED) is 0.823. The first-order chi connectivity index (χ1) is 8.58. The van der Waals surface area contributed by atoms with Gasteiger partial charge in [-0.05, 0) is 24.6 Å². The number of hydrogen-bond donors (Lipinski definition) is 2. The number of hydrogen-bond acceptors (Lipinski definition) is 3. The first kappa shape index (κ1) is 12.1. The number of carboxylic acid groups (broad SMARTS) is 1. The molecule has 0 bridgehead atoms. The third-order valence-corrected chi connectivity index (χ3v) is 2.69. The highest BCUT2D eigenvalue weighted by molar-refractivity contribution is 5.92. The van der Waals surface area contributed by atoms with Crippen LogP contribution >= 0.6 is 0 Å². The maximum absolute atomic E-state index is 10.9. The van der Waals surface area contributed by atoms with E-state index in [1.807, 2.05) is 4.57 Å². The van der Waals surface area contributed by atoms with Crippen LogP contribution in [0, 0.1) is 0 Å². The maximum atomic E-state index is 10.9. The number of aryl methyl sites for hydroxylation is 1. The van der Waals surface area contributed by atoms with Crippen molar-refractivity contribution >= 4 is 22.9 Å². The van der Waals surface area contributed by atoms with Gasteiger partial charge in [-0.3, -0.25) is 4.79 Å². The Hall–Kier alpha value is -2.37. The molecule has 94 valence electrons. The smallest absolute Gasteiger partial charge is 0.335 e. The van der Waals surface area contributed by atoms with Crippen molar-refractivity contribution in [2.45, 2.75) is 19.4 Å². The van der Waals surface area contributed by atoms with Crippen molar-refractivity contribution in [1.29, 1.82) is 0 Å². The number of carbonyl (C=O) groups is 2. The van der Waals surface area contributed by atoms with E-state index in [4.69, 9.17) is 10.8 Å². The van der Waals surface area contributed by atoms with Gasteiger partial charge in [0.1, 0.15) is 0 Å². The molecule has 0 unspecified atom stereocenters. The van der Waals surface area contributed by atoms with E-state index in [1.165, 1.54) is 6.07 Å². The minimum absolute atomic E-state index is 0.221. The summed E-state index contributed by atoms with van der Waals surface area (Å²) in [7, 11) is 0. The normalized spacial score (nSPS) is 10.7. The number of fused-ring (bicyclic) bond motifs is 1. The van der Waals surface area contributed by atoms with Gasteiger partial charge in [-0.2, -0.15) is 0 Å². The molecular formula is C12H13N3O3. The van der Waals surface area contributed by atoms with Crippen molar-refractivity contribution in [2.75, 3.05) is 0 Å². The van der Waals surface area contributed by atoms with E-state index in [0.29, 0.717) is 19.4 Å². The van der Waals surface area contributed by atoms with Crippen LogP contribution < -0.4 is 5.73 Å².